The van der Waals surface area contributed by atoms with E-state index in [1.165, 1.54) is 12.1 Å². The van der Waals surface area contributed by atoms with E-state index < -0.39 is 24.1 Å². The maximum absolute atomic E-state index is 13.9. The summed E-state index contributed by atoms with van der Waals surface area (Å²) in [5.74, 6) is -0.567. The quantitative estimate of drug-likeness (QED) is 0.402. The minimum absolute atomic E-state index is 0.0311. The van der Waals surface area contributed by atoms with Gasteiger partial charge in [-0.2, -0.15) is 17.5 Å². The number of aromatic nitrogens is 2. The van der Waals surface area contributed by atoms with E-state index in [-0.39, 0.29) is 35.7 Å². The monoisotopic (exact) mass is 525 g/mol. The Labute approximate surface area is 212 Å². The van der Waals surface area contributed by atoms with Gasteiger partial charge < -0.3 is 19.2 Å². The van der Waals surface area contributed by atoms with Crippen molar-refractivity contribution in [1.82, 2.24) is 14.3 Å². The highest BCUT2D eigenvalue weighted by Gasteiger charge is 2.38. The summed E-state index contributed by atoms with van der Waals surface area (Å²) in [6.07, 6.45) is 1.59. The number of rotatable bonds is 7. The Bertz CT molecular complexity index is 1080. The Hall–Kier alpha value is -2.69. The lowest BCUT2D eigenvalue weighted by Gasteiger charge is -2.27. The van der Waals surface area contributed by atoms with E-state index in [1.807, 2.05) is 0 Å². The molecule has 196 valence electrons. The molecule has 2 aliphatic rings. The number of amides is 1. The molecule has 0 spiro atoms. The van der Waals surface area contributed by atoms with Gasteiger partial charge in [-0.15, -0.1) is 0 Å². The predicted molar refractivity (Wildman–Crippen MR) is 128 cm³/mol. The fourth-order valence-corrected chi connectivity index (χ4v) is 5.60. The minimum Gasteiger partial charge on any atom is -0.488 e. The Morgan fingerprint density at radius 2 is 1.94 bits per heavy atom. The summed E-state index contributed by atoms with van der Waals surface area (Å²) in [7, 11) is 1.71. The minimum atomic E-state index is -4.74. The average molecular weight is 526 g/mol. The van der Waals surface area contributed by atoms with Gasteiger partial charge in [0.05, 0.1) is 11.8 Å². The molecule has 4 rings (SSSR count). The zero-order chi connectivity index (χ0) is 25.9. The molecular formula is C25H30F3N3O4S. The van der Waals surface area contributed by atoms with E-state index >= 15 is 0 Å². The summed E-state index contributed by atoms with van der Waals surface area (Å²) in [6, 6.07) is 2.84. The fraction of sp³-hybridized carbons (Fsp3) is 0.600. The molecule has 2 atom stereocenters. The molecule has 0 radical (unpaired) electrons. The smallest absolute Gasteiger partial charge is 0.437 e. The Kier molecular flexibility index (Phi) is 8.17. The van der Waals surface area contributed by atoms with Gasteiger partial charge in [0, 0.05) is 29.4 Å². The van der Waals surface area contributed by atoms with E-state index in [9.17, 15) is 22.8 Å². The second kappa shape index (κ2) is 11.1. The summed E-state index contributed by atoms with van der Waals surface area (Å²) in [5, 5.41) is 0. The van der Waals surface area contributed by atoms with Crippen molar-refractivity contribution >= 4 is 23.9 Å². The van der Waals surface area contributed by atoms with Gasteiger partial charge in [-0.3, -0.25) is 0 Å². The number of nitrogens with zero attached hydrogens (tertiary/aromatic N) is 3. The van der Waals surface area contributed by atoms with Crippen LogP contribution in [0.2, 0.25) is 0 Å². The summed E-state index contributed by atoms with van der Waals surface area (Å²) >= 11 is 1.12. The van der Waals surface area contributed by atoms with Crippen molar-refractivity contribution in [3.63, 3.8) is 0 Å². The van der Waals surface area contributed by atoms with Gasteiger partial charge in [-0.1, -0.05) is 12.8 Å². The Balaban J connectivity index is 1.54. The predicted octanol–water partition coefficient (Wildman–Crippen LogP) is 6.18. The lowest BCUT2D eigenvalue weighted by Crippen LogP contribution is -2.35. The first kappa shape index (κ1) is 26.4. The molecule has 36 heavy (non-hydrogen) atoms. The SMILES string of the molecule is Cc1snc(-c2ccc(OC3CCC[C@H](C=O)C3)c(C(F)(F)F)n2)c1COC(=O)N(C)C1CCCC1. The second-order valence-electron chi connectivity index (χ2n) is 9.51. The van der Waals surface area contributed by atoms with Crippen molar-refractivity contribution in [3.05, 3.63) is 28.3 Å². The molecule has 2 aliphatic carbocycles. The van der Waals surface area contributed by atoms with Crippen LogP contribution in [0.1, 0.15) is 67.5 Å². The Morgan fingerprint density at radius 1 is 1.19 bits per heavy atom. The lowest BCUT2D eigenvalue weighted by molar-refractivity contribution is -0.143. The van der Waals surface area contributed by atoms with Crippen molar-refractivity contribution in [2.24, 2.45) is 5.92 Å². The molecule has 2 aromatic rings. The van der Waals surface area contributed by atoms with Crippen molar-refractivity contribution in [2.45, 2.75) is 83.2 Å². The van der Waals surface area contributed by atoms with Crippen molar-refractivity contribution < 1.29 is 32.2 Å². The van der Waals surface area contributed by atoms with Crippen LogP contribution in [-0.2, 0) is 22.3 Å². The fourth-order valence-electron chi connectivity index (χ4n) is 4.91. The topological polar surface area (TPSA) is 81.6 Å². The number of hydrogen-bond acceptors (Lipinski definition) is 7. The van der Waals surface area contributed by atoms with Gasteiger partial charge in [-0.25, -0.2) is 9.78 Å². The molecule has 1 unspecified atom stereocenters. The number of halogens is 3. The van der Waals surface area contributed by atoms with Crippen LogP contribution in [0.5, 0.6) is 5.75 Å². The molecule has 2 saturated carbocycles. The number of aldehydes is 1. The lowest BCUT2D eigenvalue weighted by atomic mass is 9.88. The van der Waals surface area contributed by atoms with E-state index in [1.54, 1.807) is 18.9 Å². The van der Waals surface area contributed by atoms with E-state index in [2.05, 4.69) is 9.36 Å². The molecule has 0 saturated heterocycles. The molecule has 2 fully saturated rings. The number of carbonyl (C=O) groups excluding carboxylic acids is 2. The van der Waals surface area contributed by atoms with Gasteiger partial charge in [0.2, 0.25) is 0 Å². The number of alkyl halides is 3. The highest BCUT2D eigenvalue weighted by atomic mass is 32.1. The molecular weight excluding hydrogens is 495 g/mol. The Morgan fingerprint density at radius 3 is 2.64 bits per heavy atom. The van der Waals surface area contributed by atoms with E-state index in [0.717, 1.165) is 61.2 Å². The summed E-state index contributed by atoms with van der Waals surface area (Å²) in [5.41, 5.74) is -0.320. The highest BCUT2D eigenvalue weighted by molar-refractivity contribution is 7.06. The molecule has 0 N–H and O–H groups in total. The first-order valence-corrected chi connectivity index (χ1v) is 13.0. The van der Waals surface area contributed by atoms with Gasteiger partial charge in [0.1, 0.15) is 18.6 Å². The van der Waals surface area contributed by atoms with Gasteiger partial charge in [0.15, 0.2) is 11.4 Å². The zero-order valence-electron chi connectivity index (χ0n) is 20.3. The van der Waals surface area contributed by atoms with Crippen LogP contribution in [0.4, 0.5) is 18.0 Å². The van der Waals surface area contributed by atoms with Gasteiger partial charge in [-0.05, 0) is 69.1 Å². The van der Waals surface area contributed by atoms with Gasteiger partial charge >= 0.3 is 12.3 Å². The summed E-state index contributed by atoms with van der Waals surface area (Å²) in [4.78, 5) is 29.9. The van der Waals surface area contributed by atoms with Gasteiger partial charge in [0.25, 0.3) is 0 Å². The second-order valence-corrected chi connectivity index (χ2v) is 10.5. The molecule has 7 nitrogen and oxygen atoms in total. The maximum atomic E-state index is 13.9. The molecule has 0 aromatic carbocycles. The first-order chi connectivity index (χ1) is 17.2. The maximum Gasteiger partial charge on any atom is 0.437 e. The highest BCUT2D eigenvalue weighted by Crippen LogP contribution is 2.39. The van der Waals surface area contributed by atoms with Crippen LogP contribution < -0.4 is 4.74 Å². The molecule has 2 heterocycles. The molecule has 11 heteroatoms. The molecule has 2 aromatic heterocycles. The third-order valence-corrected chi connectivity index (χ3v) is 7.80. The van der Waals surface area contributed by atoms with E-state index in [4.69, 9.17) is 9.47 Å². The van der Waals surface area contributed by atoms with Crippen LogP contribution in [0.3, 0.4) is 0 Å². The number of carbonyl (C=O) groups is 2. The van der Waals surface area contributed by atoms with Crippen molar-refractivity contribution in [1.29, 1.82) is 0 Å². The standard InChI is InChI=1S/C25H30F3N3O4S/c1-15-19(14-34-24(33)31(2)17-7-3-4-8-17)22(30-36-15)20-10-11-21(23(29-20)25(26,27)28)35-18-9-5-6-16(12-18)13-32/h10-11,13,16-18H,3-9,12,14H2,1-2H3/t16-,18?/m0/s1. The number of pyridine rings is 1. The third-order valence-electron chi connectivity index (χ3n) is 7.01. The molecule has 0 bridgehead atoms. The van der Waals surface area contributed by atoms with Crippen LogP contribution in [-0.4, -0.2) is 45.8 Å². The summed E-state index contributed by atoms with van der Waals surface area (Å²) < 4.78 is 57.3. The largest absolute Gasteiger partial charge is 0.488 e. The number of ether oxygens (including phenoxy) is 2. The van der Waals surface area contributed by atoms with Crippen LogP contribution >= 0.6 is 11.5 Å². The first-order valence-electron chi connectivity index (χ1n) is 12.2. The normalized spacial score (nSPS) is 20.8. The van der Waals surface area contributed by atoms with Crippen LogP contribution in [0, 0.1) is 12.8 Å². The summed E-state index contributed by atoms with van der Waals surface area (Å²) in [6.45, 7) is 1.67. The molecule has 1 amide bonds. The van der Waals surface area contributed by atoms with Crippen molar-refractivity contribution in [2.75, 3.05) is 7.05 Å². The van der Waals surface area contributed by atoms with Crippen molar-refractivity contribution in [3.8, 4) is 17.1 Å². The zero-order valence-corrected chi connectivity index (χ0v) is 21.2. The average Bonchev–Trinajstić information content (AvgIpc) is 3.52. The molecule has 0 aliphatic heterocycles. The number of hydrogen-bond donors (Lipinski definition) is 0. The third kappa shape index (κ3) is 5.99. The number of aryl methyl sites for hydroxylation is 1. The van der Waals surface area contributed by atoms with Crippen LogP contribution in [0.25, 0.3) is 11.4 Å². The van der Waals surface area contributed by atoms with E-state index in [0.29, 0.717) is 18.4 Å². The van der Waals surface area contributed by atoms with Crippen LogP contribution in [0.15, 0.2) is 12.1 Å².